The molecule has 21 heavy (non-hydrogen) atoms. The second kappa shape index (κ2) is 6.18. The van der Waals surface area contributed by atoms with Crippen LogP contribution in [0.1, 0.15) is 22.9 Å². The van der Waals surface area contributed by atoms with Gasteiger partial charge in [-0.2, -0.15) is 5.10 Å². The fourth-order valence-corrected chi connectivity index (χ4v) is 3.27. The van der Waals surface area contributed by atoms with Gasteiger partial charge in [-0.3, -0.25) is 9.58 Å². The van der Waals surface area contributed by atoms with Crippen LogP contribution in [-0.2, 0) is 13.6 Å². The number of rotatable bonds is 3. The third-order valence-electron chi connectivity index (χ3n) is 4.11. The SMILES string of the molecule is Cc1nn(C)cc1CN1CCNCC1c1ccccc1Cl. The number of aromatic nitrogens is 2. The third-order valence-corrected chi connectivity index (χ3v) is 4.45. The van der Waals surface area contributed by atoms with Crippen molar-refractivity contribution in [1.82, 2.24) is 20.0 Å². The van der Waals surface area contributed by atoms with Crippen LogP contribution < -0.4 is 5.32 Å². The standard InChI is InChI=1S/C16H21ClN4/c1-12-13(10-20(2)19-12)11-21-8-7-18-9-16(21)14-5-3-4-6-15(14)17/h3-6,10,16,18H,7-9,11H2,1-2H3. The van der Waals surface area contributed by atoms with Crippen LogP contribution in [0.2, 0.25) is 5.02 Å². The Morgan fingerprint density at radius 1 is 1.38 bits per heavy atom. The zero-order valence-corrected chi connectivity index (χ0v) is 13.3. The highest BCUT2D eigenvalue weighted by Gasteiger charge is 2.26. The molecule has 3 rings (SSSR count). The first-order valence-electron chi connectivity index (χ1n) is 7.33. The molecule has 0 radical (unpaired) electrons. The number of benzene rings is 1. The first kappa shape index (κ1) is 14.6. The number of aryl methyl sites for hydroxylation is 2. The van der Waals surface area contributed by atoms with Crippen LogP contribution in [0.15, 0.2) is 30.5 Å². The van der Waals surface area contributed by atoms with E-state index in [1.807, 2.05) is 23.9 Å². The molecule has 0 saturated carbocycles. The number of hydrogen-bond donors (Lipinski definition) is 1. The van der Waals surface area contributed by atoms with Crippen LogP contribution in [0.25, 0.3) is 0 Å². The lowest BCUT2D eigenvalue weighted by molar-refractivity contribution is 0.153. The van der Waals surface area contributed by atoms with Gasteiger partial charge in [-0.05, 0) is 18.6 Å². The van der Waals surface area contributed by atoms with Crippen LogP contribution in [0, 0.1) is 6.92 Å². The molecule has 0 spiro atoms. The second-order valence-corrected chi connectivity index (χ2v) is 6.03. The molecule has 0 bridgehead atoms. The number of halogens is 1. The van der Waals surface area contributed by atoms with Crippen molar-refractivity contribution in [3.05, 3.63) is 52.3 Å². The maximum absolute atomic E-state index is 6.39. The summed E-state index contributed by atoms with van der Waals surface area (Å²) in [7, 11) is 1.97. The first-order chi connectivity index (χ1) is 10.1. The number of nitrogens with one attached hydrogen (secondary N) is 1. The fraction of sp³-hybridized carbons (Fsp3) is 0.438. The van der Waals surface area contributed by atoms with Crippen molar-refractivity contribution >= 4 is 11.6 Å². The van der Waals surface area contributed by atoms with Gasteiger partial charge >= 0.3 is 0 Å². The molecule has 1 fully saturated rings. The highest BCUT2D eigenvalue weighted by atomic mass is 35.5. The Kier molecular flexibility index (Phi) is 4.29. The van der Waals surface area contributed by atoms with Crippen molar-refractivity contribution in [2.24, 2.45) is 7.05 Å². The summed E-state index contributed by atoms with van der Waals surface area (Å²) in [4.78, 5) is 2.49. The molecule has 2 aromatic rings. The average Bonchev–Trinajstić information content (AvgIpc) is 2.78. The average molecular weight is 305 g/mol. The number of nitrogens with zero attached hydrogens (tertiary/aromatic N) is 3. The molecule has 5 heteroatoms. The first-order valence-corrected chi connectivity index (χ1v) is 7.71. The van der Waals surface area contributed by atoms with E-state index in [9.17, 15) is 0 Å². The zero-order chi connectivity index (χ0) is 14.8. The summed E-state index contributed by atoms with van der Waals surface area (Å²) < 4.78 is 1.89. The smallest absolute Gasteiger partial charge is 0.0638 e. The molecular formula is C16H21ClN4. The van der Waals surface area contributed by atoms with E-state index in [2.05, 4.69) is 40.6 Å². The minimum absolute atomic E-state index is 0.312. The lowest BCUT2D eigenvalue weighted by atomic mass is 10.0. The quantitative estimate of drug-likeness (QED) is 0.946. The summed E-state index contributed by atoms with van der Waals surface area (Å²) in [5.41, 5.74) is 3.60. The van der Waals surface area contributed by atoms with Crippen LogP contribution in [0.3, 0.4) is 0 Å². The van der Waals surface area contributed by atoms with Gasteiger partial charge < -0.3 is 5.32 Å². The maximum Gasteiger partial charge on any atom is 0.0638 e. The van der Waals surface area contributed by atoms with Crippen molar-refractivity contribution < 1.29 is 0 Å². The lowest BCUT2D eigenvalue weighted by Gasteiger charge is -2.36. The highest BCUT2D eigenvalue weighted by molar-refractivity contribution is 6.31. The molecule has 4 nitrogen and oxygen atoms in total. The minimum Gasteiger partial charge on any atom is -0.314 e. The normalized spacial score (nSPS) is 19.9. The molecule has 1 aromatic heterocycles. The summed E-state index contributed by atoms with van der Waals surface area (Å²) in [6.45, 7) is 5.95. The van der Waals surface area contributed by atoms with Crippen molar-refractivity contribution in [2.45, 2.75) is 19.5 Å². The summed E-state index contributed by atoms with van der Waals surface area (Å²) >= 11 is 6.39. The molecular weight excluding hydrogens is 284 g/mol. The monoisotopic (exact) mass is 304 g/mol. The van der Waals surface area contributed by atoms with Gasteiger partial charge in [0.25, 0.3) is 0 Å². The van der Waals surface area contributed by atoms with Gasteiger partial charge in [-0.1, -0.05) is 29.8 Å². The molecule has 1 saturated heterocycles. The molecule has 2 heterocycles. The van der Waals surface area contributed by atoms with E-state index in [0.29, 0.717) is 6.04 Å². The zero-order valence-electron chi connectivity index (χ0n) is 12.5. The molecule has 1 aromatic carbocycles. The van der Waals surface area contributed by atoms with Gasteiger partial charge in [0.2, 0.25) is 0 Å². The van der Waals surface area contributed by atoms with Crippen LogP contribution >= 0.6 is 11.6 Å². The Balaban J connectivity index is 1.85. The van der Waals surface area contributed by atoms with Crippen LogP contribution in [-0.4, -0.2) is 34.3 Å². The summed E-state index contributed by atoms with van der Waals surface area (Å²) in [5.74, 6) is 0. The molecule has 1 atom stereocenters. The van der Waals surface area contributed by atoms with E-state index in [1.165, 1.54) is 11.1 Å². The van der Waals surface area contributed by atoms with E-state index >= 15 is 0 Å². The van der Waals surface area contributed by atoms with Crippen molar-refractivity contribution in [1.29, 1.82) is 0 Å². The molecule has 0 amide bonds. The topological polar surface area (TPSA) is 33.1 Å². The van der Waals surface area contributed by atoms with E-state index in [0.717, 1.165) is 36.9 Å². The predicted molar refractivity (Wildman–Crippen MR) is 85.4 cm³/mol. The Morgan fingerprint density at radius 2 is 2.19 bits per heavy atom. The summed E-state index contributed by atoms with van der Waals surface area (Å²) in [6, 6.07) is 8.45. The van der Waals surface area contributed by atoms with E-state index < -0.39 is 0 Å². The minimum atomic E-state index is 0.312. The Labute approximate surface area is 130 Å². The molecule has 1 aliphatic heterocycles. The third kappa shape index (κ3) is 3.12. The molecule has 1 N–H and O–H groups in total. The van der Waals surface area contributed by atoms with Crippen molar-refractivity contribution in [3.63, 3.8) is 0 Å². The van der Waals surface area contributed by atoms with E-state index in [1.54, 1.807) is 0 Å². The number of piperazine rings is 1. The highest BCUT2D eigenvalue weighted by Crippen LogP contribution is 2.29. The number of hydrogen-bond acceptors (Lipinski definition) is 3. The molecule has 1 aliphatic rings. The van der Waals surface area contributed by atoms with Crippen LogP contribution in [0.5, 0.6) is 0 Å². The van der Waals surface area contributed by atoms with Crippen molar-refractivity contribution in [3.8, 4) is 0 Å². The molecule has 0 aliphatic carbocycles. The van der Waals surface area contributed by atoms with Crippen LogP contribution in [0.4, 0.5) is 0 Å². The van der Waals surface area contributed by atoms with E-state index in [4.69, 9.17) is 11.6 Å². The van der Waals surface area contributed by atoms with Crippen molar-refractivity contribution in [2.75, 3.05) is 19.6 Å². The Morgan fingerprint density at radius 3 is 2.90 bits per heavy atom. The van der Waals surface area contributed by atoms with Gasteiger partial charge in [0, 0.05) is 56.1 Å². The summed E-state index contributed by atoms with van der Waals surface area (Å²) in [5, 5.41) is 8.76. The maximum atomic E-state index is 6.39. The van der Waals surface area contributed by atoms with E-state index in [-0.39, 0.29) is 0 Å². The Bertz CT molecular complexity index is 622. The van der Waals surface area contributed by atoms with Gasteiger partial charge in [-0.25, -0.2) is 0 Å². The Hall–Kier alpha value is -1.36. The van der Waals surface area contributed by atoms with Gasteiger partial charge in [-0.15, -0.1) is 0 Å². The lowest BCUT2D eigenvalue weighted by Crippen LogP contribution is -2.45. The second-order valence-electron chi connectivity index (χ2n) is 5.63. The van der Waals surface area contributed by atoms with Gasteiger partial charge in [0.1, 0.15) is 0 Å². The van der Waals surface area contributed by atoms with Gasteiger partial charge in [0.05, 0.1) is 5.69 Å². The summed E-state index contributed by atoms with van der Waals surface area (Å²) in [6.07, 6.45) is 2.11. The predicted octanol–water partition coefficient (Wildman–Crippen LogP) is 2.53. The van der Waals surface area contributed by atoms with Gasteiger partial charge in [0.15, 0.2) is 0 Å². The fourth-order valence-electron chi connectivity index (χ4n) is 3.01. The molecule has 112 valence electrons. The largest absolute Gasteiger partial charge is 0.314 e. The molecule has 1 unspecified atom stereocenters.